The molecule has 0 unspecified atom stereocenters. The molecule has 3 aromatic rings. The van der Waals surface area contributed by atoms with Gasteiger partial charge >= 0.3 is 0 Å². The van der Waals surface area contributed by atoms with Crippen LogP contribution in [0.5, 0.6) is 5.75 Å². The van der Waals surface area contributed by atoms with Gasteiger partial charge in [-0.2, -0.15) is 0 Å². The van der Waals surface area contributed by atoms with Gasteiger partial charge in [-0.3, -0.25) is 4.79 Å². The number of benzene rings is 3. The van der Waals surface area contributed by atoms with Crippen LogP contribution in [0.2, 0.25) is 0 Å². The molecule has 126 valence electrons. The van der Waals surface area contributed by atoms with Crippen molar-refractivity contribution in [1.29, 1.82) is 0 Å². The van der Waals surface area contributed by atoms with E-state index in [0.29, 0.717) is 5.56 Å². The fourth-order valence-electron chi connectivity index (χ4n) is 2.62. The average Bonchev–Trinajstić information content (AvgIpc) is 2.67. The van der Waals surface area contributed by atoms with Crippen LogP contribution in [-0.2, 0) is 0 Å². The molecule has 3 rings (SSSR count). The van der Waals surface area contributed by atoms with Gasteiger partial charge in [0, 0.05) is 5.56 Å². The van der Waals surface area contributed by atoms with Crippen LogP contribution in [0.1, 0.15) is 27.5 Å². The molecule has 0 heterocycles. The molecule has 25 heavy (non-hydrogen) atoms. The standard InChI is InChI=1S/C21H18FNO2/c1-25-19-13-9-16(10-14-19)20(15-5-3-2-4-6-15)23-21(24)17-7-11-18(22)12-8-17/h2-14,20H,1H3,(H,23,24)/t20-/m1/s1. The highest BCUT2D eigenvalue weighted by molar-refractivity contribution is 5.94. The first-order valence-electron chi connectivity index (χ1n) is 7.92. The Morgan fingerprint density at radius 3 is 2.08 bits per heavy atom. The second-order valence-electron chi connectivity index (χ2n) is 5.60. The molecule has 0 fully saturated rings. The van der Waals surface area contributed by atoms with Crippen molar-refractivity contribution < 1.29 is 13.9 Å². The molecule has 1 amide bonds. The quantitative estimate of drug-likeness (QED) is 0.752. The summed E-state index contributed by atoms with van der Waals surface area (Å²) < 4.78 is 18.3. The van der Waals surface area contributed by atoms with E-state index in [9.17, 15) is 9.18 Å². The number of hydrogen-bond acceptors (Lipinski definition) is 2. The Balaban J connectivity index is 1.90. The topological polar surface area (TPSA) is 38.3 Å². The molecular weight excluding hydrogens is 317 g/mol. The van der Waals surface area contributed by atoms with Crippen molar-refractivity contribution in [2.24, 2.45) is 0 Å². The summed E-state index contributed by atoms with van der Waals surface area (Å²) in [5.74, 6) is 0.122. The van der Waals surface area contributed by atoms with Crippen LogP contribution in [-0.4, -0.2) is 13.0 Å². The zero-order valence-electron chi connectivity index (χ0n) is 13.8. The summed E-state index contributed by atoms with van der Waals surface area (Å²) in [5, 5.41) is 3.02. The number of methoxy groups -OCH3 is 1. The number of rotatable bonds is 5. The molecule has 0 saturated carbocycles. The van der Waals surface area contributed by atoms with E-state index in [4.69, 9.17) is 4.74 Å². The Labute approximate surface area is 146 Å². The molecular formula is C21H18FNO2. The summed E-state index contributed by atoms with van der Waals surface area (Å²) in [6, 6.07) is 22.4. The van der Waals surface area contributed by atoms with Crippen LogP contribution in [0, 0.1) is 5.82 Å². The summed E-state index contributed by atoms with van der Waals surface area (Å²) in [6.07, 6.45) is 0. The lowest BCUT2D eigenvalue weighted by Crippen LogP contribution is -2.29. The smallest absolute Gasteiger partial charge is 0.252 e. The van der Waals surface area contributed by atoms with Crippen LogP contribution in [0.4, 0.5) is 4.39 Å². The summed E-state index contributed by atoms with van der Waals surface area (Å²) in [4.78, 5) is 12.6. The zero-order valence-corrected chi connectivity index (χ0v) is 13.8. The molecule has 3 aromatic carbocycles. The maximum absolute atomic E-state index is 13.1. The molecule has 0 bridgehead atoms. The first-order chi connectivity index (χ1) is 12.2. The zero-order chi connectivity index (χ0) is 17.6. The van der Waals surface area contributed by atoms with E-state index in [2.05, 4.69) is 5.32 Å². The molecule has 4 heteroatoms. The highest BCUT2D eigenvalue weighted by Crippen LogP contribution is 2.24. The molecule has 3 nitrogen and oxygen atoms in total. The molecule has 0 saturated heterocycles. The van der Waals surface area contributed by atoms with Crippen molar-refractivity contribution in [2.75, 3.05) is 7.11 Å². The third kappa shape index (κ3) is 4.04. The molecule has 1 atom stereocenters. The van der Waals surface area contributed by atoms with E-state index < -0.39 is 0 Å². The van der Waals surface area contributed by atoms with Crippen molar-refractivity contribution in [1.82, 2.24) is 5.32 Å². The van der Waals surface area contributed by atoms with Crippen LogP contribution >= 0.6 is 0 Å². The predicted octanol–water partition coefficient (Wildman–Crippen LogP) is 4.35. The third-order valence-corrected chi connectivity index (χ3v) is 3.96. The highest BCUT2D eigenvalue weighted by atomic mass is 19.1. The first kappa shape index (κ1) is 16.7. The minimum Gasteiger partial charge on any atom is -0.497 e. The molecule has 0 spiro atoms. The fourth-order valence-corrected chi connectivity index (χ4v) is 2.62. The average molecular weight is 335 g/mol. The van der Waals surface area contributed by atoms with Gasteiger partial charge in [0.1, 0.15) is 11.6 Å². The molecule has 0 aliphatic heterocycles. The fraction of sp³-hybridized carbons (Fsp3) is 0.0952. The number of nitrogens with one attached hydrogen (secondary N) is 1. The van der Waals surface area contributed by atoms with Gasteiger partial charge in [-0.15, -0.1) is 0 Å². The van der Waals surface area contributed by atoms with Crippen LogP contribution < -0.4 is 10.1 Å². The maximum Gasteiger partial charge on any atom is 0.252 e. The van der Waals surface area contributed by atoms with Gasteiger partial charge in [0.15, 0.2) is 0 Å². The highest BCUT2D eigenvalue weighted by Gasteiger charge is 2.18. The van der Waals surface area contributed by atoms with Gasteiger partial charge < -0.3 is 10.1 Å². The monoisotopic (exact) mass is 335 g/mol. The van der Waals surface area contributed by atoms with E-state index in [1.54, 1.807) is 7.11 Å². The van der Waals surface area contributed by atoms with Crippen molar-refractivity contribution in [3.63, 3.8) is 0 Å². The van der Waals surface area contributed by atoms with E-state index in [0.717, 1.165) is 16.9 Å². The number of ether oxygens (including phenoxy) is 1. The third-order valence-electron chi connectivity index (χ3n) is 3.96. The van der Waals surface area contributed by atoms with Crippen LogP contribution in [0.25, 0.3) is 0 Å². The van der Waals surface area contributed by atoms with Gasteiger partial charge in [-0.1, -0.05) is 42.5 Å². The Hall–Kier alpha value is -3.14. The van der Waals surface area contributed by atoms with Gasteiger partial charge in [0.2, 0.25) is 0 Å². The second-order valence-corrected chi connectivity index (χ2v) is 5.60. The van der Waals surface area contributed by atoms with Gasteiger partial charge in [-0.05, 0) is 47.5 Å². The van der Waals surface area contributed by atoms with Gasteiger partial charge in [-0.25, -0.2) is 4.39 Å². The maximum atomic E-state index is 13.1. The molecule has 0 aliphatic rings. The predicted molar refractivity (Wildman–Crippen MR) is 95.1 cm³/mol. The Morgan fingerprint density at radius 1 is 0.880 bits per heavy atom. The minimum absolute atomic E-state index is 0.260. The summed E-state index contributed by atoms with van der Waals surface area (Å²) >= 11 is 0. The normalized spacial score (nSPS) is 11.6. The van der Waals surface area contributed by atoms with Crippen molar-refractivity contribution >= 4 is 5.91 Å². The van der Waals surface area contributed by atoms with E-state index >= 15 is 0 Å². The van der Waals surface area contributed by atoms with Crippen LogP contribution in [0.3, 0.4) is 0 Å². The lowest BCUT2D eigenvalue weighted by Gasteiger charge is -2.20. The van der Waals surface area contributed by atoms with Gasteiger partial charge in [0.25, 0.3) is 5.91 Å². The Kier molecular flexibility index (Phi) is 5.09. The summed E-state index contributed by atoms with van der Waals surface area (Å²) in [7, 11) is 1.61. The largest absolute Gasteiger partial charge is 0.497 e. The SMILES string of the molecule is COc1ccc([C@H](NC(=O)c2ccc(F)cc2)c2ccccc2)cc1. The first-order valence-corrected chi connectivity index (χ1v) is 7.92. The van der Waals surface area contributed by atoms with Crippen molar-refractivity contribution in [3.8, 4) is 5.75 Å². The van der Waals surface area contributed by atoms with E-state index in [1.807, 2.05) is 54.6 Å². The van der Waals surface area contributed by atoms with E-state index in [1.165, 1.54) is 24.3 Å². The second kappa shape index (κ2) is 7.62. The van der Waals surface area contributed by atoms with E-state index in [-0.39, 0.29) is 17.8 Å². The van der Waals surface area contributed by atoms with Crippen LogP contribution in [0.15, 0.2) is 78.9 Å². The molecule has 1 N–H and O–H groups in total. The molecule has 0 aliphatic carbocycles. The Bertz CT molecular complexity index is 830. The summed E-state index contributed by atoms with van der Waals surface area (Å²) in [6.45, 7) is 0. The van der Waals surface area contributed by atoms with Crippen molar-refractivity contribution in [3.05, 3.63) is 101 Å². The molecule has 0 aromatic heterocycles. The summed E-state index contributed by atoms with van der Waals surface area (Å²) in [5.41, 5.74) is 2.31. The number of carbonyl (C=O) groups is 1. The minimum atomic E-state index is -0.369. The molecule has 0 radical (unpaired) electrons. The number of halogens is 1. The van der Waals surface area contributed by atoms with Gasteiger partial charge in [0.05, 0.1) is 13.2 Å². The lowest BCUT2D eigenvalue weighted by molar-refractivity contribution is 0.0943. The number of hydrogen-bond donors (Lipinski definition) is 1. The van der Waals surface area contributed by atoms with Crippen molar-refractivity contribution in [2.45, 2.75) is 6.04 Å². The number of amides is 1. The number of carbonyl (C=O) groups excluding carboxylic acids is 1. The lowest BCUT2D eigenvalue weighted by atomic mass is 9.98. The Morgan fingerprint density at radius 2 is 1.48 bits per heavy atom.